The van der Waals surface area contributed by atoms with Crippen LogP contribution < -0.4 is 19.5 Å². The second-order valence-electron chi connectivity index (χ2n) is 6.64. The van der Waals surface area contributed by atoms with Gasteiger partial charge in [-0.1, -0.05) is 15.9 Å². The first-order valence-corrected chi connectivity index (χ1v) is 10.4. The Hall–Kier alpha value is -3.79. The van der Waals surface area contributed by atoms with E-state index in [9.17, 15) is 4.79 Å². The van der Waals surface area contributed by atoms with Crippen LogP contribution in [0.5, 0.6) is 17.2 Å². The maximum atomic E-state index is 12.5. The van der Waals surface area contributed by atoms with Crippen LogP contribution in [0.15, 0.2) is 77.7 Å². The van der Waals surface area contributed by atoms with Gasteiger partial charge in [0.25, 0.3) is 5.91 Å². The minimum atomic E-state index is -0.346. The molecule has 10 heteroatoms. The summed E-state index contributed by atoms with van der Waals surface area (Å²) in [4.78, 5) is 12.5. The number of anilines is 1. The van der Waals surface area contributed by atoms with Gasteiger partial charge in [-0.15, -0.1) is 0 Å². The predicted octanol–water partition coefficient (Wildman–Crippen LogP) is 4.18. The minimum Gasteiger partial charge on any atom is -0.497 e. The summed E-state index contributed by atoms with van der Waals surface area (Å²) in [5, 5.41) is 11.2. The molecule has 2 heterocycles. The molecule has 0 bridgehead atoms. The summed E-state index contributed by atoms with van der Waals surface area (Å²) in [6.07, 6.45) is 4.90. The smallest absolute Gasteiger partial charge is 0.276 e. The van der Waals surface area contributed by atoms with Gasteiger partial charge in [-0.3, -0.25) is 4.79 Å². The highest BCUT2D eigenvalue weighted by Crippen LogP contribution is 2.18. The van der Waals surface area contributed by atoms with E-state index in [2.05, 4.69) is 31.4 Å². The topological polar surface area (TPSA) is 92.4 Å². The van der Waals surface area contributed by atoms with Crippen LogP contribution >= 0.6 is 15.9 Å². The highest BCUT2D eigenvalue weighted by atomic mass is 79.9. The largest absolute Gasteiger partial charge is 0.497 e. The summed E-state index contributed by atoms with van der Waals surface area (Å²) in [5.41, 5.74) is 0.806. The van der Waals surface area contributed by atoms with Crippen LogP contribution in [0.1, 0.15) is 10.5 Å². The monoisotopic (exact) mass is 497 g/mol. The summed E-state index contributed by atoms with van der Waals surface area (Å²) in [5.74, 6) is 1.79. The van der Waals surface area contributed by atoms with Gasteiger partial charge in [0.2, 0.25) is 0 Å². The summed E-state index contributed by atoms with van der Waals surface area (Å²) in [7, 11) is 1.61. The molecule has 0 radical (unpaired) electrons. The zero-order valence-electron chi connectivity index (χ0n) is 17.1. The molecule has 0 atom stereocenters. The Balaban J connectivity index is 1.27. The second kappa shape index (κ2) is 10.0. The predicted molar refractivity (Wildman–Crippen MR) is 121 cm³/mol. The molecule has 1 amide bonds. The number of nitrogens with one attached hydrogen (secondary N) is 1. The molecule has 0 saturated carbocycles. The SMILES string of the molecule is COc1ccc(OCn2ccc(C(=O)Nc3cnn(COc4ccc(Br)cc4)c3)n2)cc1. The number of hydrogen-bond acceptors (Lipinski definition) is 6. The van der Waals surface area contributed by atoms with Gasteiger partial charge in [0.05, 0.1) is 25.2 Å². The van der Waals surface area contributed by atoms with Gasteiger partial charge in [0.1, 0.15) is 17.2 Å². The summed E-state index contributed by atoms with van der Waals surface area (Å²) >= 11 is 3.38. The van der Waals surface area contributed by atoms with Gasteiger partial charge in [0, 0.05) is 10.7 Å². The Bertz CT molecular complexity index is 1170. The van der Waals surface area contributed by atoms with E-state index in [-0.39, 0.29) is 25.1 Å². The lowest BCUT2D eigenvalue weighted by molar-refractivity contribution is 0.102. The normalized spacial score (nSPS) is 10.6. The molecule has 4 rings (SSSR count). The van der Waals surface area contributed by atoms with Crippen LogP contribution in [-0.4, -0.2) is 32.6 Å². The highest BCUT2D eigenvalue weighted by Gasteiger charge is 2.11. The third-order valence-electron chi connectivity index (χ3n) is 4.36. The van der Waals surface area contributed by atoms with Crippen molar-refractivity contribution in [2.75, 3.05) is 12.4 Å². The van der Waals surface area contributed by atoms with Crippen molar-refractivity contribution in [2.24, 2.45) is 0 Å². The quantitative estimate of drug-likeness (QED) is 0.373. The summed E-state index contributed by atoms with van der Waals surface area (Å²) in [6.45, 7) is 0.389. The van der Waals surface area contributed by atoms with Crippen molar-refractivity contribution in [3.63, 3.8) is 0 Å². The molecular formula is C22H20BrN5O4. The number of hydrogen-bond donors (Lipinski definition) is 1. The summed E-state index contributed by atoms with van der Waals surface area (Å²) < 4.78 is 20.5. The number of ether oxygens (including phenoxy) is 3. The van der Waals surface area contributed by atoms with Crippen LogP contribution in [-0.2, 0) is 13.5 Å². The third-order valence-corrected chi connectivity index (χ3v) is 4.89. The van der Waals surface area contributed by atoms with E-state index in [1.165, 1.54) is 4.68 Å². The second-order valence-corrected chi connectivity index (χ2v) is 7.56. The minimum absolute atomic E-state index is 0.172. The van der Waals surface area contributed by atoms with E-state index >= 15 is 0 Å². The molecule has 0 aliphatic carbocycles. The zero-order chi connectivity index (χ0) is 22.3. The molecule has 0 unspecified atom stereocenters. The van der Waals surface area contributed by atoms with Crippen molar-refractivity contribution in [1.29, 1.82) is 0 Å². The van der Waals surface area contributed by atoms with Crippen LogP contribution in [0.4, 0.5) is 5.69 Å². The lowest BCUT2D eigenvalue weighted by Crippen LogP contribution is -2.14. The van der Waals surface area contributed by atoms with E-state index in [4.69, 9.17) is 14.2 Å². The number of aromatic nitrogens is 4. The van der Waals surface area contributed by atoms with E-state index in [0.717, 1.165) is 16.0 Å². The van der Waals surface area contributed by atoms with Crippen molar-refractivity contribution in [2.45, 2.75) is 13.5 Å². The Morgan fingerprint density at radius 1 is 0.938 bits per heavy atom. The Morgan fingerprint density at radius 2 is 1.56 bits per heavy atom. The van der Waals surface area contributed by atoms with Crippen molar-refractivity contribution >= 4 is 27.5 Å². The fraction of sp³-hybridized carbons (Fsp3) is 0.136. The van der Waals surface area contributed by atoms with Gasteiger partial charge in [-0.05, 0) is 54.6 Å². The van der Waals surface area contributed by atoms with Crippen molar-refractivity contribution in [3.8, 4) is 17.2 Å². The molecule has 32 heavy (non-hydrogen) atoms. The van der Waals surface area contributed by atoms with Crippen LogP contribution in [0, 0.1) is 0 Å². The number of methoxy groups -OCH3 is 1. The van der Waals surface area contributed by atoms with Gasteiger partial charge in [-0.2, -0.15) is 10.2 Å². The van der Waals surface area contributed by atoms with Gasteiger partial charge < -0.3 is 19.5 Å². The molecule has 164 valence electrons. The maximum absolute atomic E-state index is 12.5. The van der Waals surface area contributed by atoms with E-state index < -0.39 is 0 Å². The molecule has 0 aliphatic rings. The number of rotatable bonds is 9. The van der Waals surface area contributed by atoms with Crippen molar-refractivity contribution in [1.82, 2.24) is 19.6 Å². The number of carbonyl (C=O) groups is 1. The number of amides is 1. The molecule has 4 aromatic rings. The molecule has 0 fully saturated rings. The van der Waals surface area contributed by atoms with E-state index in [1.54, 1.807) is 60.7 Å². The summed E-state index contributed by atoms with van der Waals surface area (Å²) in [6, 6.07) is 16.3. The standard InChI is InChI=1S/C22H20BrN5O4/c1-30-18-6-8-20(9-7-18)31-14-27-11-10-21(26-27)22(29)25-17-12-24-28(13-17)15-32-19-4-2-16(23)3-5-19/h2-13H,14-15H2,1H3,(H,25,29). The molecule has 0 spiro atoms. The lowest BCUT2D eigenvalue weighted by atomic mass is 10.3. The van der Waals surface area contributed by atoms with Gasteiger partial charge in [0.15, 0.2) is 19.2 Å². The Kier molecular flexibility index (Phi) is 6.71. The molecule has 2 aromatic carbocycles. The maximum Gasteiger partial charge on any atom is 0.276 e. The molecule has 0 aliphatic heterocycles. The van der Waals surface area contributed by atoms with Crippen LogP contribution in [0.3, 0.4) is 0 Å². The molecule has 9 nitrogen and oxygen atoms in total. The third kappa shape index (κ3) is 5.67. The fourth-order valence-electron chi connectivity index (χ4n) is 2.73. The number of carbonyl (C=O) groups excluding carboxylic acids is 1. The van der Waals surface area contributed by atoms with E-state index in [1.807, 2.05) is 24.3 Å². The molecular weight excluding hydrogens is 478 g/mol. The Labute approximate surface area is 192 Å². The first-order valence-electron chi connectivity index (χ1n) is 9.61. The van der Waals surface area contributed by atoms with Crippen molar-refractivity contribution < 1.29 is 19.0 Å². The van der Waals surface area contributed by atoms with Gasteiger partial charge in [-0.25, -0.2) is 9.36 Å². The van der Waals surface area contributed by atoms with Crippen LogP contribution in [0.2, 0.25) is 0 Å². The molecule has 2 aromatic heterocycles. The zero-order valence-corrected chi connectivity index (χ0v) is 18.7. The first-order chi connectivity index (χ1) is 15.6. The van der Waals surface area contributed by atoms with Gasteiger partial charge >= 0.3 is 0 Å². The van der Waals surface area contributed by atoms with Crippen LogP contribution in [0.25, 0.3) is 0 Å². The molecule has 0 saturated heterocycles. The lowest BCUT2D eigenvalue weighted by Gasteiger charge is -2.07. The van der Waals surface area contributed by atoms with E-state index in [0.29, 0.717) is 11.4 Å². The average molecular weight is 498 g/mol. The number of nitrogens with zero attached hydrogens (tertiary/aromatic N) is 4. The average Bonchev–Trinajstić information content (AvgIpc) is 3.47. The van der Waals surface area contributed by atoms with Crippen molar-refractivity contribution in [3.05, 3.63) is 83.4 Å². The number of halogens is 1. The first kappa shape index (κ1) is 21.4. The fourth-order valence-corrected chi connectivity index (χ4v) is 3.00. The Morgan fingerprint density at radius 3 is 2.25 bits per heavy atom. The number of benzene rings is 2. The molecule has 1 N–H and O–H groups in total. The highest BCUT2D eigenvalue weighted by molar-refractivity contribution is 9.10.